The molecule has 0 amide bonds. The van der Waals surface area contributed by atoms with E-state index in [1.807, 2.05) is 25.1 Å². The predicted octanol–water partition coefficient (Wildman–Crippen LogP) is 2.42. The monoisotopic (exact) mass is 315 g/mol. The molecule has 1 aromatic rings. The van der Waals surface area contributed by atoms with E-state index in [0.717, 1.165) is 24.0 Å². The van der Waals surface area contributed by atoms with Crippen LogP contribution in [-0.4, -0.2) is 26.4 Å². The summed E-state index contributed by atoms with van der Waals surface area (Å²) in [5.41, 5.74) is 2.19. The standard InChI is InChI=1S/C14H18ClNO3S/c1-9-14(6-7-19-9)20(17,18)16-13-5-2-10-8-11(15)3-4-12(10)13/h3-4,8-9,13-14,16H,2,5-7H2,1H3/t9-,13-,14+/m0/s1. The van der Waals surface area contributed by atoms with Crippen molar-refractivity contribution < 1.29 is 13.2 Å². The van der Waals surface area contributed by atoms with Crippen LogP contribution < -0.4 is 4.72 Å². The van der Waals surface area contributed by atoms with Gasteiger partial charge in [0.05, 0.1) is 6.10 Å². The average molecular weight is 316 g/mol. The Labute approximate surface area is 124 Å². The van der Waals surface area contributed by atoms with E-state index >= 15 is 0 Å². The van der Waals surface area contributed by atoms with Crippen LogP contribution in [0.25, 0.3) is 0 Å². The zero-order chi connectivity index (χ0) is 14.3. The van der Waals surface area contributed by atoms with Gasteiger partial charge in [-0.3, -0.25) is 0 Å². The molecule has 6 heteroatoms. The van der Waals surface area contributed by atoms with Crippen molar-refractivity contribution in [1.82, 2.24) is 4.72 Å². The molecule has 2 aliphatic rings. The summed E-state index contributed by atoms with van der Waals surface area (Å²) < 4.78 is 33.1. The van der Waals surface area contributed by atoms with Crippen molar-refractivity contribution in [2.24, 2.45) is 0 Å². The van der Waals surface area contributed by atoms with Gasteiger partial charge in [-0.15, -0.1) is 0 Å². The van der Waals surface area contributed by atoms with E-state index < -0.39 is 15.3 Å². The SMILES string of the molecule is C[C@@H]1OCC[C@H]1S(=O)(=O)N[C@H]1CCc2cc(Cl)ccc21. The third-order valence-electron chi connectivity index (χ3n) is 4.19. The number of hydrogen-bond acceptors (Lipinski definition) is 3. The molecule has 0 radical (unpaired) electrons. The second-order valence-electron chi connectivity index (χ2n) is 5.50. The van der Waals surface area contributed by atoms with Crippen molar-refractivity contribution >= 4 is 21.6 Å². The Hall–Kier alpha value is -0.620. The summed E-state index contributed by atoms with van der Waals surface area (Å²) >= 11 is 5.97. The van der Waals surface area contributed by atoms with E-state index in [1.165, 1.54) is 0 Å². The summed E-state index contributed by atoms with van der Waals surface area (Å²) in [6.45, 7) is 2.34. The van der Waals surface area contributed by atoms with Crippen LogP contribution in [0.2, 0.25) is 5.02 Å². The Balaban J connectivity index is 1.80. The minimum absolute atomic E-state index is 0.139. The van der Waals surface area contributed by atoms with Gasteiger partial charge in [-0.05, 0) is 49.4 Å². The van der Waals surface area contributed by atoms with Gasteiger partial charge in [-0.25, -0.2) is 13.1 Å². The number of ether oxygens (including phenoxy) is 1. The largest absolute Gasteiger partial charge is 0.377 e. The highest BCUT2D eigenvalue weighted by Crippen LogP contribution is 2.34. The molecular formula is C14H18ClNO3S. The first-order valence-electron chi connectivity index (χ1n) is 6.88. The molecule has 110 valence electrons. The predicted molar refractivity (Wildman–Crippen MR) is 78.4 cm³/mol. The number of halogens is 1. The molecule has 0 bridgehead atoms. The maximum Gasteiger partial charge on any atom is 0.217 e. The fourth-order valence-electron chi connectivity index (χ4n) is 3.11. The molecule has 1 heterocycles. The third-order valence-corrected chi connectivity index (χ3v) is 6.46. The van der Waals surface area contributed by atoms with Gasteiger partial charge in [0.15, 0.2) is 0 Å². The average Bonchev–Trinajstić information content (AvgIpc) is 2.96. The minimum Gasteiger partial charge on any atom is -0.377 e. The lowest BCUT2D eigenvalue weighted by Gasteiger charge is -2.20. The molecule has 4 nitrogen and oxygen atoms in total. The number of rotatable bonds is 3. The van der Waals surface area contributed by atoms with E-state index in [4.69, 9.17) is 16.3 Å². The number of sulfonamides is 1. The summed E-state index contributed by atoms with van der Waals surface area (Å²) in [7, 11) is -3.35. The lowest BCUT2D eigenvalue weighted by molar-refractivity contribution is 0.126. The molecule has 1 fully saturated rings. The first-order valence-corrected chi connectivity index (χ1v) is 8.81. The summed E-state index contributed by atoms with van der Waals surface area (Å²) in [4.78, 5) is 0. The van der Waals surface area contributed by atoms with Gasteiger partial charge >= 0.3 is 0 Å². The molecule has 0 unspecified atom stereocenters. The molecule has 20 heavy (non-hydrogen) atoms. The number of nitrogens with one attached hydrogen (secondary N) is 1. The number of aryl methyl sites for hydroxylation is 1. The maximum atomic E-state index is 12.5. The van der Waals surface area contributed by atoms with Crippen LogP contribution in [0.3, 0.4) is 0 Å². The van der Waals surface area contributed by atoms with Gasteiger partial charge in [0.25, 0.3) is 0 Å². The molecule has 0 spiro atoms. The molecule has 1 aromatic carbocycles. The molecule has 0 saturated carbocycles. The first kappa shape index (κ1) is 14.3. The van der Waals surface area contributed by atoms with Crippen LogP contribution in [0.1, 0.15) is 36.9 Å². The quantitative estimate of drug-likeness (QED) is 0.932. The normalized spacial score (nSPS) is 29.6. The minimum atomic E-state index is -3.35. The Morgan fingerprint density at radius 3 is 2.85 bits per heavy atom. The smallest absolute Gasteiger partial charge is 0.217 e. The maximum absolute atomic E-state index is 12.5. The highest BCUT2D eigenvalue weighted by molar-refractivity contribution is 7.90. The molecule has 1 aliphatic heterocycles. The van der Waals surface area contributed by atoms with Crippen LogP contribution in [0.15, 0.2) is 18.2 Å². The highest BCUT2D eigenvalue weighted by atomic mass is 35.5. The van der Waals surface area contributed by atoms with Gasteiger partial charge in [0.1, 0.15) is 5.25 Å². The lowest BCUT2D eigenvalue weighted by Crippen LogP contribution is -2.39. The first-order chi connectivity index (χ1) is 9.47. The summed E-state index contributed by atoms with van der Waals surface area (Å²) in [6.07, 6.45) is 1.98. The second kappa shape index (κ2) is 5.30. The van der Waals surface area contributed by atoms with Crippen LogP contribution in [0, 0.1) is 0 Å². The van der Waals surface area contributed by atoms with Crippen molar-refractivity contribution in [3.8, 4) is 0 Å². The van der Waals surface area contributed by atoms with Crippen LogP contribution in [0.4, 0.5) is 0 Å². The van der Waals surface area contributed by atoms with Gasteiger partial charge in [0.2, 0.25) is 10.0 Å². The second-order valence-corrected chi connectivity index (χ2v) is 7.87. The fraction of sp³-hybridized carbons (Fsp3) is 0.571. The molecule has 1 saturated heterocycles. The molecule has 3 atom stereocenters. The Morgan fingerprint density at radius 1 is 1.35 bits per heavy atom. The Bertz CT molecular complexity index is 617. The zero-order valence-electron chi connectivity index (χ0n) is 11.3. The van der Waals surface area contributed by atoms with Crippen LogP contribution in [0.5, 0.6) is 0 Å². The van der Waals surface area contributed by atoms with Gasteiger partial charge in [-0.1, -0.05) is 17.7 Å². The van der Waals surface area contributed by atoms with E-state index in [1.54, 1.807) is 0 Å². The number of hydrogen-bond donors (Lipinski definition) is 1. The van der Waals surface area contributed by atoms with Gasteiger partial charge in [-0.2, -0.15) is 0 Å². The van der Waals surface area contributed by atoms with E-state index in [9.17, 15) is 8.42 Å². The molecule has 0 aromatic heterocycles. The molecule has 1 N–H and O–H groups in total. The van der Waals surface area contributed by atoms with E-state index in [2.05, 4.69) is 4.72 Å². The van der Waals surface area contributed by atoms with Crippen LogP contribution >= 0.6 is 11.6 Å². The van der Waals surface area contributed by atoms with Crippen molar-refractivity contribution in [3.63, 3.8) is 0 Å². The molecule has 1 aliphatic carbocycles. The molecular weight excluding hydrogens is 298 g/mol. The number of benzene rings is 1. The Morgan fingerprint density at radius 2 is 2.15 bits per heavy atom. The van der Waals surface area contributed by atoms with E-state index in [0.29, 0.717) is 18.1 Å². The highest BCUT2D eigenvalue weighted by Gasteiger charge is 2.38. The summed E-state index contributed by atoms with van der Waals surface area (Å²) in [5.74, 6) is 0. The van der Waals surface area contributed by atoms with Gasteiger partial charge in [0, 0.05) is 17.7 Å². The summed E-state index contributed by atoms with van der Waals surface area (Å²) in [6, 6.07) is 5.52. The summed E-state index contributed by atoms with van der Waals surface area (Å²) in [5, 5.41) is 0.254. The van der Waals surface area contributed by atoms with Gasteiger partial charge < -0.3 is 4.74 Å². The molecule has 3 rings (SSSR count). The fourth-order valence-corrected chi connectivity index (χ4v) is 5.11. The topological polar surface area (TPSA) is 55.4 Å². The van der Waals surface area contributed by atoms with Crippen molar-refractivity contribution in [3.05, 3.63) is 34.3 Å². The van der Waals surface area contributed by atoms with Crippen molar-refractivity contribution in [1.29, 1.82) is 0 Å². The lowest BCUT2D eigenvalue weighted by atomic mass is 10.1. The van der Waals surface area contributed by atoms with Crippen molar-refractivity contribution in [2.45, 2.75) is 43.6 Å². The number of fused-ring (bicyclic) bond motifs is 1. The Kier molecular flexibility index (Phi) is 3.79. The van der Waals surface area contributed by atoms with Crippen molar-refractivity contribution in [2.75, 3.05) is 6.61 Å². The zero-order valence-corrected chi connectivity index (χ0v) is 12.9. The van der Waals surface area contributed by atoms with Crippen LogP contribution in [-0.2, 0) is 21.2 Å². The van der Waals surface area contributed by atoms with E-state index in [-0.39, 0.29) is 12.1 Å². The third kappa shape index (κ3) is 2.60.